The lowest BCUT2D eigenvalue weighted by Gasteiger charge is -2.31. The number of nitrogens with zero attached hydrogens (tertiary/aromatic N) is 1. The van der Waals surface area contributed by atoms with E-state index in [1.807, 2.05) is 13.0 Å². The van der Waals surface area contributed by atoms with Crippen LogP contribution >= 0.6 is 0 Å². The van der Waals surface area contributed by atoms with Crippen LogP contribution in [0.15, 0.2) is 16.5 Å². The molecule has 2 unspecified atom stereocenters. The highest BCUT2D eigenvalue weighted by molar-refractivity contribution is 5.07. The van der Waals surface area contributed by atoms with Gasteiger partial charge in [-0.05, 0) is 37.8 Å². The van der Waals surface area contributed by atoms with E-state index in [4.69, 9.17) is 9.68 Å². The number of nitrogens with one attached hydrogen (secondary N) is 1. The van der Waals surface area contributed by atoms with Gasteiger partial charge in [0.05, 0.1) is 6.07 Å². The van der Waals surface area contributed by atoms with E-state index in [0.717, 1.165) is 24.5 Å². The highest BCUT2D eigenvalue weighted by atomic mass is 16.3. The van der Waals surface area contributed by atoms with Gasteiger partial charge in [-0.3, -0.25) is 0 Å². The van der Waals surface area contributed by atoms with Gasteiger partial charge >= 0.3 is 0 Å². The van der Waals surface area contributed by atoms with Gasteiger partial charge in [0.1, 0.15) is 11.5 Å². The fraction of sp³-hybridized carbons (Fsp3) is 0.667. The van der Waals surface area contributed by atoms with Crippen LogP contribution in [0.2, 0.25) is 0 Å². The zero-order valence-electron chi connectivity index (χ0n) is 11.1. The van der Waals surface area contributed by atoms with Crippen LogP contribution in [0.3, 0.4) is 0 Å². The Bertz CT molecular complexity index is 405. The Morgan fingerprint density at radius 2 is 2.22 bits per heavy atom. The van der Waals surface area contributed by atoms with E-state index in [1.54, 1.807) is 0 Å². The molecule has 1 heterocycles. The van der Waals surface area contributed by atoms with Crippen molar-refractivity contribution in [2.45, 2.75) is 51.5 Å². The Morgan fingerprint density at radius 1 is 1.39 bits per heavy atom. The van der Waals surface area contributed by atoms with E-state index in [9.17, 15) is 0 Å². The number of furan rings is 1. The summed E-state index contributed by atoms with van der Waals surface area (Å²) in [7, 11) is 0. The quantitative estimate of drug-likeness (QED) is 0.812. The second-order valence-electron chi connectivity index (χ2n) is 5.23. The van der Waals surface area contributed by atoms with Crippen molar-refractivity contribution in [1.29, 1.82) is 5.26 Å². The largest absolute Gasteiger partial charge is 0.466 e. The number of hydrogen-bond donors (Lipinski definition) is 1. The molecule has 1 saturated carbocycles. The van der Waals surface area contributed by atoms with E-state index in [1.165, 1.54) is 25.7 Å². The van der Waals surface area contributed by atoms with E-state index >= 15 is 0 Å². The molecule has 0 bridgehead atoms. The second-order valence-corrected chi connectivity index (χ2v) is 5.23. The molecule has 18 heavy (non-hydrogen) atoms. The summed E-state index contributed by atoms with van der Waals surface area (Å²) in [6.45, 7) is 2.81. The third-order valence-electron chi connectivity index (χ3n) is 3.81. The molecule has 1 fully saturated rings. The van der Waals surface area contributed by atoms with Crippen LogP contribution < -0.4 is 5.32 Å². The minimum Gasteiger partial charge on any atom is -0.466 e. The summed E-state index contributed by atoms with van der Waals surface area (Å²) >= 11 is 0. The first-order chi connectivity index (χ1) is 8.79. The molecular weight excluding hydrogens is 224 g/mol. The van der Waals surface area contributed by atoms with E-state index in [2.05, 4.69) is 17.5 Å². The Morgan fingerprint density at radius 3 is 2.94 bits per heavy atom. The van der Waals surface area contributed by atoms with Gasteiger partial charge in [-0.15, -0.1) is 0 Å². The minimum atomic E-state index is 0.553. The van der Waals surface area contributed by atoms with Gasteiger partial charge in [0.15, 0.2) is 0 Å². The molecule has 3 heteroatoms. The lowest BCUT2D eigenvalue weighted by molar-refractivity contribution is 0.250. The number of rotatable bonds is 5. The molecule has 1 aromatic heterocycles. The summed E-state index contributed by atoms with van der Waals surface area (Å²) in [6, 6.07) is 6.88. The van der Waals surface area contributed by atoms with Crippen LogP contribution in [-0.4, -0.2) is 12.6 Å². The smallest absolute Gasteiger partial charge is 0.104 e. The zero-order chi connectivity index (χ0) is 12.8. The zero-order valence-corrected chi connectivity index (χ0v) is 11.1. The van der Waals surface area contributed by atoms with Crippen LogP contribution in [0, 0.1) is 24.2 Å². The molecule has 2 atom stereocenters. The molecule has 0 amide bonds. The first kappa shape index (κ1) is 13.2. The van der Waals surface area contributed by atoms with Gasteiger partial charge in [0, 0.05) is 25.4 Å². The Balaban J connectivity index is 1.89. The summed E-state index contributed by atoms with van der Waals surface area (Å²) in [5.74, 6) is 2.75. The molecule has 1 N–H and O–H groups in total. The highest BCUT2D eigenvalue weighted by Crippen LogP contribution is 2.28. The minimum absolute atomic E-state index is 0.553. The molecule has 1 aliphatic carbocycles. The summed E-state index contributed by atoms with van der Waals surface area (Å²) < 4.78 is 5.68. The average Bonchev–Trinajstić information content (AvgIpc) is 2.77. The summed E-state index contributed by atoms with van der Waals surface area (Å²) in [4.78, 5) is 0. The molecule has 0 spiro atoms. The van der Waals surface area contributed by atoms with Gasteiger partial charge in [-0.1, -0.05) is 12.8 Å². The van der Waals surface area contributed by atoms with Gasteiger partial charge in [0.2, 0.25) is 0 Å². The van der Waals surface area contributed by atoms with Crippen molar-refractivity contribution >= 4 is 0 Å². The van der Waals surface area contributed by atoms with Gasteiger partial charge < -0.3 is 9.73 Å². The van der Waals surface area contributed by atoms with Crippen LogP contribution in [0.25, 0.3) is 0 Å². The molecule has 98 valence electrons. The Kier molecular flexibility index (Phi) is 4.83. The molecule has 2 rings (SSSR count). The summed E-state index contributed by atoms with van der Waals surface area (Å²) in [5, 5.41) is 12.1. The van der Waals surface area contributed by atoms with Crippen LogP contribution in [0.1, 0.15) is 43.6 Å². The van der Waals surface area contributed by atoms with Crippen LogP contribution in [0.5, 0.6) is 0 Å². The summed E-state index contributed by atoms with van der Waals surface area (Å²) in [5.41, 5.74) is 0. The van der Waals surface area contributed by atoms with Gasteiger partial charge in [0.25, 0.3) is 0 Å². The third kappa shape index (κ3) is 3.61. The predicted molar refractivity (Wildman–Crippen MR) is 71.1 cm³/mol. The highest BCUT2D eigenvalue weighted by Gasteiger charge is 2.25. The fourth-order valence-electron chi connectivity index (χ4n) is 2.89. The van der Waals surface area contributed by atoms with Crippen molar-refractivity contribution < 1.29 is 4.42 Å². The van der Waals surface area contributed by atoms with Crippen molar-refractivity contribution in [2.75, 3.05) is 6.54 Å². The van der Waals surface area contributed by atoms with Crippen molar-refractivity contribution in [1.82, 2.24) is 5.32 Å². The molecule has 1 aromatic rings. The normalized spacial score (nSPS) is 23.8. The number of aryl methyl sites for hydroxylation is 1. The maximum atomic E-state index is 8.59. The van der Waals surface area contributed by atoms with Gasteiger partial charge in [-0.2, -0.15) is 5.26 Å². The molecule has 0 aromatic carbocycles. The maximum Gasteiger partial charge on any atom is 0.104 e. The van der Waals surface area contributed by atoms with E-state index < -0.39 is 0 Å². The molecule has 1 aliphatic rings. The maximum absolute atomic E-state index is 8.59. The standard InChI is InChI=1S/C15H22N2O/c1-12-7-8-14(18-12)11-13-5-2-3-6-15(13)17-10-4-9-16/h7-8,13,15,17H,2-6,10-11H2,1H3. The lowest BCUT2D eigenvalue weighted by atomic mass is 9.82. The molecular formula is C15H22N2O. The first-order valence-electron chi connectivity index (χ1n) is 6.95. The molecule has 3 nitrogen and oxygen atoms in total. The van der Waals surface area contributed by atoms with E-state index in [-0.39, 0.29) is 0 Å². The number of nitriles is 1. The van der Waals surface area contributed by atoms with Crippen molar-refractivity contribution in [3.63, 3.8) is 0 Å². The third-order valence-corrected chi connectivity index (χ3v) is 3.81. The fourth-order valence-corrected chi connectivity index (χ4v) is 2.89. The van der Waals surface area contributed by atoms with Gasteiger partial charge in [-0.25, -0.2) is 0 Å². The van der Waals surface area contributed by atoms with Crippen molar-refractivity contribution in [3.8, 4) is 6.07 Å². The van der Waals surface area contributed by atoms with Crippen molar-refractivity contribution in [3.05, 3.63) is 23.7 Å². The Labute approximate surface area is 109 Å². The van der Waals surface area contributed by atoms with Crippen LogP contribution in [-0.2, 0) is 6.42 Å². The van der Waals surface area contributed by atoms with Crippen molar-refractivity contribution in [2.24, 2.45) is 5.92 Å². The second kappa shape index (κ2) is 6.61. The number of hydrogen-bond acceptors (Lipinski definition) is 3. The van der Waals surface area contributed by atoms with Crippen LogP contribution in [0.4, 0.5) is 0 Å². The average molecular weight is 246 g/mol. The molecule has 0 aliphatic heterocycles. The predicted octanol–water partition coefficient (Wildman–Crippen LogP) is 3.19. The lowest BCUT2D eigenvalue weighted by Crippen LogP contribution is -2.39. The SMILES string of the molecule is Cc1ccc(CC2CCCCC2NCCC#N)o1. The Hall–Kier alpha value is -1.27. The molecule has 0 saturated heterocycles. The first-order valence-corrected chi connectivity index (χ1v) is 6.95. The van der Waals surface area contributed by atoms with E-state index in [0.29, 0.717) is 18.4 Å². The topological polar surface area (TPSA) is 49.0 Å². The monoisotopic (exact) mass is 246 g/mol. The molecule has 0 radical (unpaired) electrons. The summed E-state index contributed by atoms with van der Waals surface area (Å²) in [6.07, 6.45) is 6.75.